The number of esters is 1. The molecule has 1 aromatic carbocycles. The topological polar surface area (TPSA) is 61.8 Å². The minimum atomic E-state index is -0.652. The molecule has 5 nitrogen and oxygen atoms in total. The minimum Gasteiger partial charge on any atom is -0.469 e. The molecule has 2 atom stereocenters. The van der Waals surface area contributed by atoms with Gasteiger partial charge in [0.05, 0.1) is 13.2 Å². The van der Waals surface area contributed by atoms with Gasteiger partial charge in [-0.3, -0.25) is 4.79 Å². The van der Waals surface area contributed by atoms with Gasteiger partial charge in [0.1, 0.15) is 0 Å². The van der Waals surface area contributed by atoms with Crippen molar-refractivity contribution in [2.45, 2.75) is 25.0 Å². The van der Waals surface area contributed by atoms with E-state index in [1.54, 1.807) is 7.05 Å². The molecule has 2 N–H and O–H groups in total. The number of hydrogen-bond donors (Lipinski definition) is 2. The van der Waals surface area contributed by atoms with Gasteiger partial charge >= 0.3 is 5.97 Å². The van der Waals surface area contributed by atoms with E-state index in [0.29, 0.717) is 6.42 Å². The number of methoxy groups -OCH3 is 1. The van der Waals surface area contributed by atoms with Crippen molar-refractivity contribution in [2.24, 2.45) is 0 Å². The predicted octanol–water partition coefficient (Wildman–Crippen LogP) is 1.33. The molecule has 0 aliphatic heterocycles. The molecular formula is C15H24N2O3. The molecule has 0 aliphatic carbocycles. The summed E-state index contributed by atoms with van der Waals surface area (Å²) in [4.78, 5) is 13.2. The van der Waals surface area contributed by atoms with Crippen molar-refractivity contribution in [3.05, 3.63) is 29.8 Å². The fourth-order valence-corrected chi connectivity index (χ4v) is 2.04. The molecular weight excluding hydrogens is 256 g/mol. The number of benzene rings is 1. The van der Waals surface area contributed by atoms with Gasteiger partial charge in [-0.2, -0.15) is 0 Å². The molecule has 0 aromatic heterocycles. The summed E-state index contributed by atoms with van der Waals surface area (Å²) in [6.07, 6.45) is 0.162. The Morgan fingerprint density at radius 2 is 1.95 bits per heavy atom. The lowest BCUT2D eigenvalue weighted by Gasteiger charge is -2.23. The molecule has 0 radical (unpaired) electrons. The van der Waals surface area contributed by atoms with Gasteiger partial charge in [-0.1, -0.05) is 12.1 Å². The first-order chi connectivity index (χ1) is 9.49. The molecule has 5 heteroatoms. The van der Waals surface area contributed by atoms with Crippen molar-refractivity contribution >= 4 is 11.7 Å². The largest absolute Gasteiger partial charge is 0.469 e. The van der Waals surface area contributed by atoms with Crippen LogP contribution in [0.3, 0.4) is 0 Å². The van der Waals surface area contributed by atoms with Crippen LogP contribution in [0.5, 0.6) is 0 Å². The van der Waals surface area contributed by atoms with E-state index in [0.717, 1.165) is 11.3 Å². The lowest BCUT2D eigenvalue weighted by molar-refractivity contribution is -0.140. The summed E-state index contributed by atoms with van der Waals surface area (Å²) >= 11 is 0. The van der Waals surface area contributed by atoms with Crippen LogP contribution in [0.15, 0.2) is 24.3 Å². The Kier molecular flexibility index (Phi) is 6.48. The van der Waals surface area contributed by atoms with E-state index < -0.39 is 6.10 Å². The summed E-state index contributed by atoms with van der Waals surface area (Å²) in [5, 5.41) is 13.4. The molecule has 0 fully saturated rings. The highest BCUT2D eigenvalue weighted by Gasteiger charge is 2.20. The number of aliphatic hydroxyl groups is 1. The Labute approximate surface area is 120 Å². The summed E-state index contributed by atoms with van der Waals surface area (Å²) < 4.78 is 4.62. The summed E-state index contributed by atoms with van der Waals surface area (Å²) in [5.41, 5.74) is 1.91. The van der Waals surface area contributed by atoms with Crippen molar-refractivity contribution in [1.29, 1.82) is 0 Å². The van der Waals surface area contributed by atoms with Gasteiger partial charge in [0.15, 0.2) is 0 Å². The zero-order valence-corrected chi connectivity index (χ0v) is 12.6. The minimum absolute atomic E-state index is 0.181. The summed E-state index contributed by atoms with van der Waals surface area (Å²) in [6, 6.07) is 7.56. The number of nitrogens with one attached hydrogen (secondary N) is 1. The highest BCUT2D eigenvalue weighted by atomic mass is 16.5. The number of rotatable bonds is 7. The van der Waals surface area contributed by atoms with Crippen LogP contribution < -0.4 is 10.2 Å². The number of anilines is 1. The van der Waals surface area contributed by atoms with E-state index in [4.69, 9.17) is 0 Å². The second-order valence-electron chi connectivity index (χ2n) is 4.94. The van der Waals surface area contributed by atoms with Crippen LogP contribution in [-0.2, 0) is 9.53 Å². The van der Waals surface area contributed by atoms with Crippen LogP contribution in [0, 0.1) is 0 Å². The second-order valence-corrected chi connectivity index (χ2v) is 4.94. The average molecular weight is 280 g/mol. The average Bonchev–Trinajstić information content (AvgIpc) is 2.47. The SMILES string of the molecule is CNC(CCC(=O)OC)C(O)c1ccc(N(C)C)cc1. The molecule has 20 heavy (non-hydrogen) atoms. The zero-order valence-electron chi connectivity index (χ0n) is 12.6. The molecule has 0 amide bonds. The molecule has 0 aliphatic rings. The first-order valence-electron chi connectivity index (χ1n) is 6.69. The maximum Gasteiger partial charge on any atom is 0.305 e. The van der Waals surface area contributed by atoms with E-state index in [1.807, 2.05) is 43.3 Å². The number of ether oxygens (including phenoxy) is 1. The molecule has 112 valence electrons. The molecule has 0 saturated carbocycles. The van der Waals surface area contributed by atoms with Crippen molar-refractivity contribution in [2.75, 3.05) is 33.2 Å². The second kappa shape index (κ2) is 7.87. The number of carbonyl (C=O) groups is 1. The van der Waals surface area contributed by atoms with Gasteiger partial charge in [0, 0.05) is 32.2 Å². The lowest BCUT2D eigenvalue weighted by Crippen LogP contribution is -2.32. The fraction of sp³-hybridized carbons (Fsp3) is 0.533. The lowest BCUT2D eigenvalue weighted by atomic mass is 9.98. The van der Waals surface area contributed by atoms with Gasteiger partial charge in [0.25, 0.3) is 0 Å². The highest BCUT2D eigenvalue weighted by Crippen LogP contribution is 2.22. The third-order valence-corrected chi connectivity index (χ3v) is 3.39. The quantitative estimate of drug-likeness (QED) is 0.738. The Hall–Kier alpha value is -1.59. The number of likely N-dealkylation sites (N-methyl/N-ethyl adjacent to an activating group) is 1. The first kappa shape index (κ1) is 16.5. The Morgan fingerprint density at radius 3 is 2.40 bits per heavy atom. The molecule has 1 rings (SSSR count). The van der Waals surface area contributed by atoms with Crippen LogP contribution >= 0.6 is 0 Å². The van der Waals surface area contributed by atoms with Crippen LogP contribution in [0.4, 0.5) is 5.69 Å². The van der Waals surface area contributed by atoms with Crippen molar-refractivity contribution in [3.8, 4) is 0 Å². The summed E-state index contributed by atoms with van der Waals surface area (Å²) in [7, 11) is 7.09. The van der Waals surface area contributed by atoms with Crippen molar-refractivity contribution in [3.63, 3.8) is 0 Å². The van der Waals surface area contributed by atoms with Crippen molar-refractivity contribution < 1.29 is 14.6 Å². The van der Waals surface area contributed by atoms with Gasteiger partial charge in [0.2, 0.25) is 0 Å². The number of hydrogen-bond acceptors (Lipinski definition) is 5. The van der Waals surface area contributed by atoms with E-state index in [1.165, 1.54) is 7.11 Å². The third-order valence-electron chi connectivity index (χ3n) is 3.39. The number of carbonyl (C=O) groups excluding carboxylic acids is 1. The molecule has 0 heterocycles. The highest BCUT2D eigenvalue weighted by molar-refractivity contribution is 5.69. The Morgan fingerprint density at radius 1 is 1.35 bits per heavy atom. The van der Waals surface area contributed by atoms with Crippen LogP contribution in [0.2, 0.25) is 0 Å². The van der Waals surface area contributed by atoms with Crippen molar-refractivity contribution in [1.82, 2.24) is 5.32 Å². The van der Waals surface area contributed by atoms with Crippen LogP contribution in [-0.4, -0.2) is 45.4 Å². The molecule has 1 aromatic rings. The van der Waals surface area contributed by atoms with E-state index in [9.17, 15) is 9.90 Å². The predicted molar refractivity (Wildman–Crippen MR) is 79.8 cm³/mol. The van der Waals surface area contributed by atoms with Gasteiger partial charge in [-0.05, 0) is 31.2 Å². The van der Waals surface area contributed by atoms with E-state index >= 15 is 0 Å². The Balaban J connectivity index is 2.69. The molecule has 0 spiro atoms. The van der Waals surface area contributed by atoms with Gasteiger partial charge < -0.3 is 20.1 Å². The smallest absolute Gasteiger partial charge is 0.305 e. The number of nitrogens with zero attached hydrogens (tertiary/aromatic N) is 1. The van der Waals surface area contributed by atoms with E-state index in [-0.39, 0.29) is 18.4 Å². The summed E-state index contributed by atoms with van der Waals surface area (Å²) in [5.74, 6) is -0.264. The van der Waals surface area contributed by atoms with Crippen LogP contribution in [0.1, 0.15) is 24.5 Å². The Bertz CT molecular complexity index is 418. The summed E-state index contributed by atoms with van der Waals surface area (Å²) in [6.45, 7) is 0. The normalized spacial score (nSPS) is 13.7. The monoisotopic (exact) mass is 280 g/mol. The van der Waals surface area contributed by atoms with Crippen LogP contribution in [0.25, 0.3) is 0 Å². The van der Waals surface area contributed by atoms with Gasteiger partial charge in [-0.15, -0.1) is 0 Å². The number of aliphatic hydroxyl groups excluding tert-OH is 1. The first-order valence-corrected chi connectivity index (χ1v) is 6.69. The zero-order chi connectivity index (χ0) is 15.1. The maximum atomic E-state index is 11.2. The molecule has 0 saturated heterocycles. The molecule has 2 unspecified atom stereocenters. The fourth-order valence-electron chi connectivity index (χ4n) is 2.04. The standard InChI is InChI=1S/C15H24N2O3/c1-16-13(9-10-14(18)20-4)15(19)11-5-7-12(8-6-11)17(2)3/h5-8,13,15-16,19H,9-10H2,1-4H3. The maximum absolute atomic E-state index is 11.2. The third kappa shape index (κ3) is 4.51. The van der Waals surface area contributed by atoms with Gasteiger partial charge in [-0.25, -0.2) is 0 Å². The van der Waals surface area contributed by atoms with E-state index in [2.05, 4.69) is 10.1 Å². The molecule has 0 bridgehead atoms.